The predicted molar refractivity (Wildman–Crippen MR) is 74.9 cm³/mol. The van der Waals surface area contributed by atoms with Gasteiger partial charge in [-0.3, -0.25) is 0 Å². The first-order valence-electron chi connectivity index (χ1n) is 6.76. The molecule has 4 nitrogen and oxygen atoms in total. The Hall–Kier alpha value is -1.58. The van der Waals surface area contributed by atoms with Crippen molar-refractivity contribution in [1.29, 1.82) is 0 Å². The molecule has 0 spiro atoms. The molecule has 0 aliphatic rings. The Morgan fingerprint density at radius 3 is 2.26 bits per heavy atom. The second-order valence-electron chi connectivity index (χ2n) is 4.57. The molecule has 0 aliphatic carbocycles. The number of carboxylic acids is 1. The lowest BCUT2D eigenvalue weighted by Gasteiger charge is -2.04. The third kappa shape index (κ3) is 12.7. The molecule has 0 aromatic carbocycles. The van der Waals surface area contributed by atoms with Crippen LogP contribution in [0.5, 0.6) is 0 Å². The molecule has 19 heavy (non-hydrogen) atoms. The van der Waals surface area contributed by atoms with Gasteiger partial charge in [0.25, 0.3) is 0 Å². The summed E-state index contributed by atoms with van der Waals surface area (Å²) in [5.41, 5.74) is 0.439. The molecule has 0 heterocycles. The van der Waals surface area contributed by atoms with E-state index in [-0.39, 0.29) is 5.97 Å². The summed E-state index contributed by atoms with van der Waals surface area (Å²) in [5.74, 6) is -1.20. The topological polar surface area (TPSA) is 63.6 Å². The Kier molecular flexibility index (Phi) is 10.6. The van der Waals surface area contributed by atoms with Crippen LogP contribution in [0.3, 0.4) is 0 Å². The molecule has 108 valence electrons. The van der Waals surface area contributed by atoms with Crippen molar-refractivity contribution in [3.05, 3.63) is 24.3 Å². The van der Waals surface area contributed by atoms with E-state index >= 15 is 0 Å². The highest BCUT2D eigenvalue weighted by Crippen LogP contribution is 2.08. The van der Waals surface area contributed by atoms with Crippen LogP contribution in [0.2, 0.25) is 0 Å². The Morgan fingerprint density at radius 2 is 1.68 bits per heavy atom. The van der Waals surface area contributed by atoms with Crippen molar-refractivity contribution >= 4 is 11.9 Å². The van der Waals surface area contributed by atoms with Gasteiger partial charge < -0.3 is 9.84 Å². The van der Waals surface area contributed by atoms with E-state index in [1.54, 1.807) is 13.0 Å². The summed E-state index contributed by atoms with van der Waals surface area (Å²) in [6, 6.07) is 0. The maximum absolute atomic E-state index is 11.1. The van der Waals surface area contributed by atoms with Gasteiger partial charge in [0.05, 0.1) is 6.61 Å². The number of unbranched alkanes of at least 4 members (excludes halogenated alkanes) is 6. The number of allylic oxidation sites excluding steroid dienone is 1. The van der Waals surface area contributed by atoms with Gasteiger partial charge in [0.2, 0.25) is 0 Å². The lowest BCUT2D eigenvalue weighted by Crippen LogP contribution is -2.05. The molecule has 0 unspecified atom stereocenters. The van der Waals surface area contributed by atoms with E-state index in [4.69, 9.17) is 9.84 Å². The average molecular weight is 268 g/mol. The molecular weight excluding hydrogens is 244 g/mol. The smallest absolute Gasteiger partial charge is 0.333 e. The largest absolute Gasteiger partial charge is 0.478 e. The van der Waals surface area contributed by atoms with Gasteiger partial charge in [0.1, 0.15) is 0 Å². The van der Waals surface area contributed by atoms with Crippen molar-refractivity contribution < 1.29 is 19.4 Å². The first-order chi connectivity index (χ1) is 9.04. The summed E-state index contributed by atoms with van der Waals surface area (Å²) in [7, 11) is 0. The number of rotatable bonds is 11. The average Bonchev–Trinajstić information content (AvgIpc) is 2.35. The van der Waals surface area contributed by atoms with Crippen LogP contribution in [0, 0.1) is 0 Å². The van der Waals surface area contributed by atoms with E-state index in [1.807, 2.05) is 0 Å². The van der Waals surface area contributed by atoms with Gasteiger partial charge >= 0.3 is 11.9 Å². The molecule has 0 amide bonds. The fourth-order valence-corrected chi connectivity index (χ4v) is 1.54. The van der Waals surface area contributed by atoms with Crippen molar-refractivity contribution in [2.24, 2.45) is 0 Å². The third-order valence-electron chi connectivity index (χ3n) is 2.61. The minimum atomic E-state index is -0.885. The third-order valence-corrected chi connectivity index (χ3v) is 2.61. The molecule has 0 saturated carbocycles. The van der Waals surface area contributed by atoms with Crippen molar-refractivity contribution in [1.82, 2.24) is 0 Å². The summed E-state index contributed by atoms with van der Waals surface area (Å²) in [5, 5.41) is 8.38. The zero-order valence-corrected chi connectivity index (χ0v) is 11.7. The Balaban J connectivity index is 3.21. The highest BCUT2D eigenvalue weighted by Gasteiger charge is 2.01. The monoisotopic (exact) mass is 268 g/mol. The number of esters is 1. The second kappa shape index (κ2) is 11.5. The maximum atomic E-state index is 11.1. The number of hydrogen-bond acceptors (Lipinski definition) is 3. The van der Waals surface area contributed by atoms with Gasteiger partial charge in [0.15, 0.2) is 0 Å². The van der Waals surface area contributed by atoms with E-state index in [9.17, 15) is 9.59 Å². The molecule has 0 aliphatic heterocycles. The van der Waals surface area contributed by atoms with Gasteiger partial charge in [-0.1, -0.05) is 38.3 Å². The number of carboxylic acid groups (broad SMARTS) is 1. The van der Waals surface area contributed by atoms with Crippen LogP contribution in [-0.4, -0.2) is 23.7 Å². The van der Waals surface area contributed by atoms with E-state index in [1.165, 1.54) is 6.08 Å². The molecule has 0 bridgehead atoms. The fourth-order valence-electron chi connectivity index (χ4n) is 1.54. The Morgan fingerprint density at radius 1 is 1.11 bits per heavy atom. The van der Waals surface area contributed by atoms with Crippen LogP contribution >= 0.6 is 0 Å². The van der Waals surface area contributed by atoms with E-state index in [0.717, 1.165) is 44.9 Å². The van der Waals surface area contributed by atoms with Gasteiger partial charge in [-0.05, 0) is 26.2 Å². The number of hydrogen-bond donors (Lipinski definition) is 1. The van der Waals surface area contributed by atoms with Crippen LogP contribution in [0.25, 0.3) is 0 Å². The standard InChI is InChI=1S/C15H24O4/c1-13(2)15(18)19-12-10-8-6-4-3-5-7-9-11-14(16)17/h9,11H,1,3-8,10,12H2,2H3,(H,16,17). The molecule has 0 atom stereocenters. The van der Waals surface area contributed by atoms with Crippen LogP contribution < -0.4 is 0 Å². The lowest BCUT2D eigenvalue weighted by molar-refractivity contribution is -0.139. The summed E-state index contributed by atoms with van der Waals surface area (Å²) in [6.07, 6.45) is 10.0. The lowest BCUT2D eigenvalue weighted by atomic mass is 10.1. The normalized spacial score (nSPS) is 10.6. The second-order valence-corrected chi connectivity index (χ2v) is 4.57. The number of ether oxygens (including phenoxy) is 1. The highest BCUT2D eigenvalue weighted by molar-refractivity contribution is 5.86. The maximum Gasteiger partial charge on any atom is 0.333 e. The zero-order chi connectivity index (χ0) is 14.5. The first-order valence-corrected chi connectivity index (χ1v) is 6.76. The molecule has 0 radical (unpaired) electrons. The van der Waals surface area contributed by atoms with Crippen LogP contribution in [-0.2, 0) is 14.3 Å². The molecule has 0 aromatic rings. The fraction of sp³-hybridized carbons (Fsp3) is 0.600. The molecule has 1 N–H and O–H groups in total. The highest BCUT2D eigenvalue weighted by atomic mass is 16.5. The van der Waals surface area contributed by atoms with Gasteiger partial charge in [-0.25, -0.2) is 9.59 Å². The van der Waals surface area contributed by atoms with E-state index < -0.39 is 5.97 Å². The minimum absolute atomic E-state index is 0.315. The van der Waals surface area contributed by atoms with Gasteiger partial charge in [0, 0.05) is 11.6 Å². The van der Waals surface area contributed by atoms with Crippen molar-refractivity contribution in [3.63, 3.8) is 0 Å². The predicted octanol–water partition coefficient (Wildman–Crippen LogP) is 3.48. The number of aliphatic carboxylic acids is 1. The quantitative estimate of drug-likeness (QED) is 0.354. The van der Waals surface area contributed by atoms with Crippen LogP contribution in [0.4, 0.5) is 0 Å². The van der Waals surface area contributed by atoms with E-state index in [2.05, 4.69) is 6.58 Å². The summed E-state index contributed by atoms with van der Waals surface area (Å²) >= 11 is 0. The Bertz CT molecular complexity index is 318. The minimum Gasteiger partial charge on any atom is -0.478 e. The first kappa shape index (κ1) is 17.4. The van der Waals surface area contributed by atoms with Crippen LogP contribution in [0.15, 0.2) is 24.3 Å². The van der Waals surface area contributed by atoms with Gasteiger partial charge in [-0.2, -0.15) is 0 Å². The van der Waals surface area contributed by atoms with Crippen LogP contribution in [0.1, 0.15) is 51.9 Å². The zero-order valence-electron chi connectivity index (χ0n) is 11.7. The molecule has 4 heteroatoms. The molecule has 0 aromatic heterocycles. The Labute approximate surface area is 115 Å². The molecular formula is C15H24O4. The molecule has 0 saturated heterocycles. The summed E-state index contributed by atoms with van der Waals surface area (Å²) in [6.45, 7) is 5.62. The number of carbonyl (C=O) groups excluding carboxylic acids is 1. The SMILES string of the molecule is C=C(C)C(=O)OCCCCCCCCC=CC(=O)O. The van der Waals surface area contributed by atoms with E-state index in [0.29, 0.717) is 12.2 Å². The molecule has 0 rings (SSSR count). The van der Waals surface area contributed by atoms with Crippen molar-refractivity contribution in [2.45, 2.75) is 51.9 Å². The summed E-state index contributed by atoms with van der Waals surface area (Å²) < 4.78 is 4.98. The summed E-state index contributed by atoms with van der Waals surface area (Å²) in [4.78, 5) is 21.3. The van der Waals surface area contributed by atoms with Crippen molar-refractivity contribution in [2.75, 3.05) is 6.61 Å². The molecule has 0 fully saturated rings. The van der Waals surface area contributed by atoms with Crippen molar-refractivity contribution in [3.8, 4) is 0 Å². The number of carbonyl (C=O) groups is 2. The van der Waals surface area contributed by atoms with Gasteiger partial charge in [-0.15, -0.1) is 0 Å².